The van der Waals surface area contributed by atoms with Crippen LogP contribution in [0.1, 0.15) is 37.9 Å². The van der Waals surface area contributed by atoms with Gasteiger partial charge in [0.05, 0.1) is 6.10 Å². The molecule has 0 bridgehead atoms. The summed E-state index contributed by atoms with van der Waals surface area (Å²) in [6, 6.07) is 5.27. The Labute approximate surface area is 125 Å². The topological polar surface area (TPSA) is 23.5 Å². The molecule has 2 unspecified atom stereocenters. The van der Waals surface area contributed by atoms with E-state index in [4.69, 9.17) is 23.2 Å². The molecule has 0 aromatic heterocycles. The van der Waals surface area contributed by atoms with Crippen molar-refractivity contribution in [2.45, 2.75) is 32.3 Å². The van der Waals surface area contributed by atoms with Gasteiger partial charge < -0.3 is 10.0 Å². The van der Waals surface area contributed by atoms with Crippen molar-refractivity contribution in [3.8, 4) is 0 Å². The maximum atomic E-state index is 10.2. The summed E-state index contributed by atoms with van der Waals surface area (Å²) in [4.78, 5) is 2.43. The zero-order valence-electron chi connectivity index (χ0n) is 11.3. The Morgan fingerprint density at radius 2 is 2.21 bits per heavy atom. The minimum Gasteiger partial charge on any atom is -0.388 e. The molecule has 1 aromatic carbocycles. The first-order valence-electron chi connectivity index (χ1n) is 6.91. The SMILES string of the molecule is CC1CCCN(CCC(O)c2ccc(Cl)cc2Cl)C1. The molecular formula is C15H21Cl2NO. The van der Waals surface area contributed by atoms with Crippen LogP contribution in [0, 0.1) is 5.92 Å². The predicted molar refractivity (Wildman–Crippen MR) is 80.9 cm³/mol. The van der Waals surface area contributed by atoms with Crippen LogP contribution >= 0.6 is 23.2 Å². The monoisotopic (exact) mass is 301 g/mol. The van der Waals surface area contributed by atoms with E-state index in [-0.39, 0.29) is 0 Å². The molecule has 2 atom stereocenters. The van der Waals surface area contributed by atoms with E-state index in [1.54, 1.807) is 12.1 Å². The normalized spacial score (nSPS) is 22.4. The van der Waals surface area contributed by atoms with E-state index in [0.29, 0.717) is 16.5 Å². The average molecular weight is 302 g/mol. The number of aliphatic hydroxyl groups excluding tert-OH is 1. The molecule has 0 spiro atoms. The fourth-order valence-corrected chi connectivity index (χ4v) is 3.26. The molecule has 1 heterocycles. The number of rotatable bonds is 4. The molecular weight excluding hydrogens is 281 g/mol. The van der Waals surface area contributed by atoms with Gasteiger partial charge in [-0.3, -0.25) is 0 Å². The second-order valence-corrected chi connectivity index (χ2v) is 6.36. The van der Waals surface area contributed by atoms with Crippen molar-refractivity contribution < 1.29 is 5.11 Å². The Bertz CT molecular complexity index is 425. The van der Waals surface area contributed by atoms with Crippen LogP contribution in [0.4, 0.5) is 0 Å². The molecule has 106 valence electrons. The summed E-state index contributed by atoms with van der Waals surface area (Å²) in [6.45, 7) is 5.50. The zero-order valence-corrected chi connectivity index (χ0v) is 12.8. The van der Waals surface area contributed by atoms with Crippen LogP contribution in [0.3, 0.4) is 0 Å². The van der Waals surface area contributed by atoms with Gasteiger partial charge >= 0.3 is 0 Å². The molecule has 1 aliphatic heterocycles. The van der Waals surface area contributed by atoms with E-state index >= 15 is 0 Å². The fraction of sp³-hybridized carbons (Fsp3) is 0.600. The first kappa shape index (κ1) is 15.1. The fourth-order valence-electron chi connectivity index (χ4n) is 2.72. The Morgan fingerprint density at radius 1 is 1.42 bits per heavy atom. The molecule has 2 nitrogen and oxygen atoms in total. The highest BCUT2D eigenvalue weighted by molar-refractivity contribution is 6.35. The van der Waals surface area contributed by atoms with E-state index in [0.717, 1.165) is 31.1 Å². The van der Waals surface area contributed by atoms with Gasteiger partial charge in [0.1, 0.15) is 0 Å². The predicted octanol–water partition coefficient (Wildman–Crippen LogP) is 4.15. The second-order valence-electron chi connectivity index (χ2n) is 5.52. The number of hydrogen-bond donors (Lipinski definition) is 1. The molecule has 1 fully saturated rings. The van der Waals surface area contributed by atoms with Crippen LogP contribution < -0.4 is 0 Å². The lowest BCUT2D eigenvalue weighted by molar-refractivity contribution is 0.122. The number of nitrogens with zero attached hydrogens (tertiary/aromatic N) is 1. The summed E-state index contributed by atoms with van der Waals surface area (Å²) in [5.74, 6) is 0.769. The average Bonchev–Trinajstić information content (AvgIpc) is 2.36. The van der Waals surface area contributed by atoms with Gasteiger partial charge in [-0.1, -0.05) is 36.2 Å². The standard InChI is InChI=1S/C15H21Cl2NO/c1-11-3-2-7-18(10-11)8-6-15(19)13-5-4-12(16)9-14(13)17/h4-5,9,11,15,19H,2-3,6-8,10H2,1H3. The maximum Gasteiger partial charge on any atom is 0.0816 e. The van der Waals surface area contributed by atoms with Crippen molar-refractivity contribution in [1.82, 2.24) is 4.90 Å². The van der Waals surface area contributed by atoms with Gasteiger partial charge in [0, 0.05) is 23.1 Å². The Hall–Kier alpha value is -0.280. The summed E-state index contributed by atoms with van der Waals surface area (Å²) in [5, 5.41) is 11.4. The third-order valence-corrected chi connectivity index (χ3v) is 4.34. The number of benzene rings is 1. The molecule has 2 rings (SSSR count). The highest BCUT2D eigenvalue weighted by Gasteiger charge is 2.18. The van der Waals surface area contributed by atoms with Crippen LogP contribution in [0.15, 0.2) is 18.2 Å². The van der Waals surface area contributed by atoms with Crippen LogP contribution in [-0.2, 0) is 0 Å². The third kappa shape index (κ3) is 4.35. The first-order chi connectivity index (χ1) is 9.06. The van der Waals surface area contributed by atoms with Gasteiger partial charge in [-0.25, -0.2) is 0 Å². The molecule has 1 saturated heterocycles. The smallest absolute Gasteiger partial charge is 0.0816 e. The summed E-state index contributed by atoms with van der Waals surface area (Å²) in [5.41, 5.74) is 0.774. The van der Waals surface area contributed by atoms with Crippen LogP contribution in [0.2, 0.25) is 10.0 Å². The molecule has 19 heavy (non-hydrogen) atoms. The minimum absolute atomic E-state index is 0.512. The van der Waals surface area contributed by atoms with Crippen molar-refractivity contribution in [1.29, 1.82) is 0 Å². The quantitative estimate of drug-likeness (QED) is 0.903. The lowest BCUT2D eigenvalue weighted by Crippen LogP contribution is -2.35. The molecule has 0 aliphatic carbocycles. The van der Waals surface area contributed by atoms with E-state index < -0.39 is 6.10 Å². The Kier molecular flexibility index (Phi) is 5.52. The molecule has 0 amide bonds. The molecule has 1 aromatic rings. The van der Waals surface area contributed by atoms with Crippen LogP contribution in [0.5, 0.6) is 0 Å². The van der Waals surface area contributed by atoms with Crippen molar-refractivity contribution in [2.24, 2.45) is 5.92 Å². The first-order valence-corrected chi connectivity index (χ1v) is 7.67. The second kappa shape index (κ2) is 6.94. The number of likely N-dealkylation sites (tertiary alicyclic amines) is 1. The summed E-state index contributed by atoms with van der Waals surface area (Å²) in [7, 11) is 0. The number of hydrogen-bond acceptors (Lipinski definition) is 2. The van der Waals surface area contributed by atoms with Gasteiger partial charge in [0.2, 0.25) is 0 Å². The van der Waals surface area contributed by atoms with Gasteiger partial charge in [0.15, 0.2) is 0 Å². The van der Waals surface area contributed by atoms with Gasteiger partial charge in [-0.2, -0.15) is 0 Å². The summed E-state index contributed by atoms with van der Waals surface area (Å²) in [6.07, 6.45) is 2.79. The lowest BCUT2D eigenvalue weighted by atomic mass is 9.99. The molecule has 1 aliphatic rings. The van der Waals surface area contributed by atoms with E-state index in [2.05, 4.69) is 11.8 Å². The lowest BCUT2D eigenvalue weighted by Gasteiger charge is -2.31. The Balaban J connectivity index is 1.88. The number of piperidine rings is 1. The van der Waals surface area contributed by atoms with Crippen molar-refractivity contribution >= 4 is 23.2 Å². The van der Waals surface area contributed by atoms with Crippen LogP contribution in [-0.4, -0.2) is 29.6 Å². The van der Waals surface area contributed by atoms with Crippen molar-refractivity contribution in [3.05, 3.63) is 33.8 Å². The Morgan fingerprint density at radius 3 is 2.89 bits per heavy atom. The van der Waals surface area contributed by atoms with E-state index in [1.165, 1.54) is 12.8 Å². The van der Waals surface area contributed by atoms with Gasteiger partial charge in [-0.05, 0) is 49.4 Å². The number of aliphatic hydroxyl groups is 1. The highest BCUT2D eigenvalue weighted by Crippen LogP contribution is 2.28. The summed E-state index contributed by atoms with van der Waals surface area (Å²) >= 11 is 12.0. The maximum absolute atomic E-state index is 10.2. The van der Waals surface area contributed by atoms with E-state index in [1.807, 2.05) is 6.07 Å². The zero-order chi connectivity index (χ0) is 13.8. The van der Waals surface area contributed by atoms with Crippen molar-refractivity contribution in [2.75, 3.05) is 19.6 Å². The van der Waals surface area contributed by atoms with Crippen molar-refractivity contribution in [3.63, 3.8) is 0 Å². The number of halogens is 2. The summed E-state index contributed by atoms with van der Waals surface area (Å²) < 4.78 is 0. The van der Waals surface area contributed by atoms with Crippen LogP contribution in [0.25, 0.3) is 0 Å². The van der Waals surface area contributed by atoms with Gasteiger partial charge in [0.25, 0.3) is 0 Å². The molecule has 0 saturated carbocycles. The molecule has 1 N–H and O–H groups in total. The van der Waals surface area contributed by atoms with E-state index in [9.17, 15) is 5.11 Å². The minimum atomic E-state index is -0.512. The molecule has 0 radical (unpaired) electrons. The van der Waals surface area contributed by atoms with Gasteiger partial charge in [-0.15, -0.1) is 0 Å². The highest BCUT2D eigenvalue weighted by atomic mass is 35.5. The largest absolute Gasteiger partial charge is 0.388 e. The third-order valence-electron chi connectivity index (χ3n) is 3.78. The molecule has 4 heteroatoms.